The molecular formula is C22H20ClN5O3. The van der Waals surface area contributed by atoms with Crippen LogP contribution < -0.4 is 10.1 Å². The number of hydrogen-bond donors (Lipinski definition) is 1. The van der Waals surface area contributed by atoms with E-state index in [2.05, 4.69) is 20.6 Å². The molecule has 4 rings (SSSR count). The van der Waals surface area contributed by atoms with Crippen LogP contribution in [0, 0.1) is 13.8 Å². The van der Waals surface area contributed by atoms with Gasteiger partial charge in [0.15, 0.2) is 5.69 Å². The van der Waals surface area contributed by atoms with Crippen LogP contribution in [0.15, 0.2) is 52.9 Å². The second-order valence-corrected chi connectivity index (χ2v) is 7.33. The van der Waals surface area contributed by atoms with Gasteiger partial charge in [-0.1, -0.05) is 22.9 Å². The smallest absolute Gasteiger partial charge is 0.278 e. The Labute approximate surface area is 183 Å². The minimum absolute atomic E-state index is 0.243. The SMILES string of the molecule is COc1ccc(NC(=O)c2nnn(Cc3nc(-c4cccc(Cl)c4)oc3C)c2C)cc1. The van der Waals surface area contributed by atoms with Crippen molar-refractivity contribution in [2.45, 2.75) is 20.4 Å². The third kappa shape index (κ3) is 4.44. The predicted molar refractivity (Wildman–Crippen MR) is 116 cm³/mol. The average Bonchev–Trinajstić information content (AvgIpc) is 3.31. The Bertz CT molecular complexity index is 1230. The lowest BCUT2D eigenvalue weighted by Gasteiger charge is -2.05. The topological polar surface area (TPSA) is 95.1 Å². The second-order valence-electron chi connectivity index (χ2n) is 6.90. The van der Waals surface area contributed by atoms with Gasteiger partial charge in [-0.15, -0.1) is 5.10 Å². The Balaban J connectivity index is 1.51. The van der Waals surface area contributed by atoms with Crippen LogP contribution in [0.1, 0.15) is 27.6 Å². The molecule has 0 unspecified atom stereocenters. The van der Waals surface area contributed by atoms with Gasteiger partial charge in [0.25, 0.3) is 5.91 Å². The van der Waals surface area contributed by atoms with Gasteiger partial charge in [0, 0.05) is 16.3 Å². The Kier molecular flexibility index (Phi) is 5.73. The van der Waals surface area contributed by atoms with Crippen molar-refractivity contribution in [1.82, 2.24) is 20.0 Å². The molecule has 0 aliphatic rings. The first-order chi connectivity index (χ1) is 14.9. The molecule has 0 fully saturated rings. The van der Waals surface area contributed by atoms with Gasteiger partial charge in [0.2, 0.25) is 5.89 Å². The van der Waals surface area contributed by atoms with Crippen LogP contribution in [0.2, 0.25) is 5.02 Å². The summed E-state index contributed by atoms with van der Waals surface area (Å²) in [6, 6.07) is 14.3. The molecule has 158 valence electrons. The van der Waals surface area contributed by atoms with E-state index in [-0.39, 0.29) is 11.6 Å². The van der Waals surface area contributed by atoms with Crippen molar-refractivity contribution in [1.29, 1.82) is 0 Å². The van der Waals surface area contributed by atoms with Crippen molar-refractivity contribution in [3.8, 4) is 17.2 Å². The van der Waals surface area contributed by atoms with Crippen LogP contribution >= 0.6 is 11.6 Å². The summed E-state index contributed by atoms with van der Waals surface area (Å²) in [5.74, 6) is 1.50. The third-order valence-electron chi connectivity index (χ3n) is 4.81. The van der Waals surface area contributed by atoms with Crippen molar-refractivity contribution in [2.24, 2.45) is 0 Å². The molecule has 0 bridgehead atoms. The summed E-state index contributed by atoms with van der Waals surface area (Å²) < 4.78 is 12.5. The van der Waals surface area contributed by atoms with E-state index in [4.69, 9.17) is 20.8 Å². The molecule has 1 N–H and O–H groups in total. The summed E-state index contributed by atoms with van der Waals surface area (Å²) in [5.41, 5.74) is 2.99. The van der Waals surface area contributed by atoms with Gasteiger partial charge in [-0.25, -0.2) is 9.67 Å². The number of benzene rings is 2. The maximum Gasteiger partial charge on any atom is 0.278 e. The van der Waals surface area contributed by atoms with Crippen molar-refractivity contribution in [2.75, 3.05) is 12.4 Å². The molecule has 31 heavy (non-hydrogen) atoms. The molecule has 4 aromatic rings. The molecule has 0 saturated carbocycles. The molecule has 2 heterocycles. The van der Waals surface area contributed by atoms with Crippen molar-refractivity contribution in [3.05, 3.63) is 76.4 Å². The molecule has 1 amide bonds. The largest absolute Gasteiger partial charge is 0.497 e. The zero-order valence-corrected chi connectivity index (χ0v) is 18.0. The molecule has 0 spiro atoms. The van der Waals surface area contributed by atoms with Crippen LogP contribution in [0.25, 0.3) is 11.5 Å². The molecule has 8 nitrogen and oxygen atoms in total. The van der Waals surface area contributed by atoms with E-state index >= 15 is 0 Å². The average molecular weight is 438 g/mol. The summed E-state index contributed by atoms with van der Waals surface area (Å²) in [6.07, 6.45) is 0. The fourth-order valence-corrected chi connectivity index (χ4v) is 3.24. The molecule has 9 heteroatoms. The maximum atomic E-state index is 12.6. The number of anilines is 1. The highest BCUT2D eigenvalue weighted by atomic mass is 35.5. The van der Waals surface area contributed by atoms with E-state index in [0.29, 0.717) is 46.0 Å². The van der Waals surface area contributed by atoms with E-state index in [0.717, 1.165) is 5.56 Å². The number of carbonyl (C=O) groups is 1. The van der Waals surface area contributed by atoms with E-state index in [1.807, 2.05) is 19.1 Å². The molecule has 2 aromatic heterocycles. The lowest BCUT2D eigenvalue weighted by atomic mass is 10.2. The number of ether oxygens (including phenoxy) is 1. The predicted octanol–water partition coefficient (Wildman–Crippen LogP) is 4.51. The van der Waals surface area contributed by atoms with Crippen molar-refractivity contribution >= 4 is 23.2 Å². The number of amides is 1. The second kappa shape index (κ2) is 8.61. The summed E-state index contributed by atoms with van der Waals surface area (Å²) in [7, 11) is 1.59. The van der Waals surface area contributed by atoms with Gasteiger partial charge < -0.3 is 14.5 Å². The number of methoxy groups -OCH3 is 1. The highest BCUT2D eigenvalue weighted by Gasteiger charge is 2.19. The van der Waals surface area contributed by atoms with Gasteiger partial charge in [-0.05, 0) is 56.3 Å². The first kappa shape index (κ1) is 20.6. The lowest BCUT2D eigenvalue weighted by molar-refractivity contribution is 0.102. The highest BCUT2D eigenvalue weighted by Crippen LogP contribution is 2.25. The molecule has 0 saturated heterocycles. The molecule has 2 aromatic carbocycles. The van der Waals surface area contributed by atoms with Crippen molar-refractivity contribution in [3.63, 3.8) is 0 Å². The maximum absolute atomic E-state index is 12.6. The first-order valence-corrected chi connectivity index (χ1v) is 9.90. The van der Waals surface area contributed by atoms with Gasteiger partial charge in [0.1, 0.15) is 17.2 Å². The number of aromatic nitrogens is 4. The third-order valence-corrected chi connectivity index (χ3v) is 5.04. The van der Waals surface area contributed by atoms with E-state index in [9.17, 15) is 4.79 Å². The van der Waals surface area contributed by atoms with Crippen molar-refractivity contribution < 1.29 is 13.9 Å². The normalized spacial score (nSPS) is 10.8. The number of nitrogens with one attached hydrogen (secondary N) is 1. The highest BCUT2D eigenvalue weighted by molar-refractivity contribution is 6.30. The number of aryl methyl sites for hydroxylation is 1. The van der Waals surface area contributed by atoms with Gasteiger partial charge in [0.05, 0.1) is 19.3 Å². The fourth-order valence-electron chi connectivity index (χ4n) is 3.05. The standard InChI is InChI=1S/C22H20ClN5O3/c1-13-20(21(29)24-17-7-9-18(30-3)10-8-17)26-27-28(13)12-19-14(2)31-22(25-19)15-5-4-6-16(23)11-15/h4-11H,12H2,1-3H3,(H,24,29). The van der Waals surface area contributed by atoms with Crippen LogP contribution in [-0.4, -0.2) is 33.0 Å². The number of carbonyl (C=O) groups excluding carboxylic acids is 1. The van der Waals surface area contributed by atoms with E-state index < -0.39 is 0 Å². The van der Waals surface area contributed by atoms with E-state index in [1.165, 1.54) is 0 Å². The van der Waals surface area contributed by atoms with Gasteiger partial charge in [-0.3, -0.25) is 4.79 Å². The lowest BCUT2D eigenvalue weighted by Crippen LogP contribution is -2.14. The molecule has 0 aliphatic heterocycles. The molecule has 0 aliphatic carbocycles. The van der Waals surface area contributed by atoms with Crippen LogP contribution in [-0.2, 0) is 6.54 Å². The Morgan fingerprint density at radius 3 is 2.68 bits per heavy atom. The minimum Gasteiger partial charge on any atom is -0.497 e. The summed E-state index contributed by atoms with van der Waals surface area (Å²) >= 11 is 6.06. The zero-order valence-electron chi connectivity index (χ0n) is 17.2. The summed E-state index contributed by atoms with van der Waals surface area (Å²) in [4.78, 5) is 17.2. The number of halogens is 1. The van der Waals surface area contributed by atoms with E-state index in [1.54, 1.807) is 55.1 Å². The summed E-state index contributed by atoms with van der Waals surface area (Å²) in [6.45, 7) is 3.95. The summed E-state index contributed by atoms with van der Waals surface area (Å²) in [5, 5.41) is 11.6. The number of rotatable bonds is 6. The zero-order chi connectivity index (χ0) is 22.0. The van der Waals surface area contributed by atoms with Gasteiger partial charge >= 0.3 is 0 Å². The number of hydrogen-bond acceptors (Lipinski definition) is 6. The molecule has 0 atom stereocenters. The Hall–Kier alpha value is -3.65. The molecular weight excluding hydrogens is 418 g/mol. The Morgan fingerprint density at radius 1 is 1.19 bits per heavy atom. The van der Waals surface area contributed by atoms with Crippen LogP contribution in [0.5, 0.6) is 5.75 Å². The van der Waals surface area contributed by atoms with Crippen LogP contribution in [0.4, 0.5) is 5.69 Å². The number of oxazole rings is 1. The minimum atomic E-state index is -0.342. The monoisotopic (exact) mass is 437 g/mol. The number of nitrogens with zero attached hydrogens (tertiary/aromatic N) is 4. The Morgan fingerprint density at radius 2 is 1.97 bits per heavy atom. The molecule has 0 radical (unpaired) electrons. The van der Waals surface area contributed by atoms with Gasteiger partial charge in [-0.2, -0.15) is 0 Å². The quantitative estimate of drug-likeness (QED) is 0.476. The van der Waals surface area contributed by atoms with Crippen LogP contribution in [0.3, 0.4) is 0 Å². The fraction of sp³-hybridized carbons (Fsp3) is 0.182. The first-order valence-electron chi connectivity index (χ1n) is 9.52.